The van der Waals surface area contributed by atoms with Crippen LogP contribution in [0.1, 0.15) is 19.5 Å². The van der Waals surface area contributed by atoms with Crippen molar-refractivity contribution < 1.29 is 24.1 Å². The quantitative estimate of drug-likeness (QED) is 0.373. The number of hydrogen-bond acceptors (Lipinski definition) is 9. The highest BCUT2D eigenvalue weighted by atomic mass is 16.8. The number of benzene rings is 2. The van der Waals surface area contributed by atoms with E-state index >= 15 is 0 Å². The molecule has 0 saturated carbocycles. The Hall–Kier alpha value is -4.20. The van der Waals surface area contributed by atoms with Crippen LogP contribution in [0.2, 0.25) is 0 Å². The second kappa shape index (κ2) is 10.2. The average molecular weight is 461 g/mol. The molecule has 2 aromatic heterocycles. The van der Waals surface area contributed by atoms with Crippen LogP contribution in [0, 0.1) is 11.3 Å². The summed E-state index contributed by atoms with van der Waals surface area (Å²) in [7, 11) is 1.54. The van der Waals surface area contributed by atoms with Crippen molar-refractivity contribution in [1.82, 2.24) is 19.5 Å². The predicted molar refractivity (Wildman–Crippen MR) is 123 cm³/mol. The lowest BCUT2D eigenvalue weighted by Crippen LogP contribution is -2.21. The van der Waals surface area contributed by atoms with Gasteiger partial charge in [-0.05, 0) is 50.2 Å². The molecule has 0 radical (unpaired) electrons. The molecule has 10 heteroatoms. The summed E-state index contributed by atoms with van der Waals surface area (Å²) in [5.41, 5.74) is 1.80. The van der Waals surface area contributed by atoms with Crippen LogP contribution < -0.4 is 14.2 Å². The number of methoxy groups -OCH3 is 1. The molecule has 0 saturated heterocycles. The van der Waals surface area contributed by atoms with Crippen molar-refractivity contribution in [2.75, 3.05) is 20.3 Å². The Balaban J connectivity index is 1.95. The molecule has 34 heavy (non-hydrogen) atoms. The molecule has 2 aromatic carbocycles. The van der Waals surface area contributed by atoms with Crippen molar-refractivity contribution in [3.63, 3.8) is 0 Å². The Morgan fingerprint density at radius 2 is 1.79 bits per heavy atom. The number of rotatable bonds is 9. The van der Waals surface area contributed by atoms with Gasteiger partial charge in [0.1, 0.15) is 23.1 Å². The maximum Gasteiger partial charge on any atom is 0.316 e. The van der Waals surface area contributed by atoms with Gasteiger partial charge in [0.25, 0.3) is 0 Å². The fraction of sp³-hybridized carbons (Fsp3) is 0.250. The summed E-state index contributed by atoms with van der Waals surface area (Å²) in [5.74, 6) is 1.55. The van der Waals surface area contributed by atoms with E-state index in [2.05, 4.69) is 16.0 Å². The van der Waals surface area contributed by atoms with Gasteiger partial charge in [-0.15, -0.1) is 0 Å². The molecule has 4 aromatic rings. The molecule has 0 fully saturated rings. The summed E-state index contributed by atoms with van der Waals surface area (Å²) in [4.78, 5) is 13.5. The Labute approximate surface area is 196 Å². The monoisotopic (exact) mass is 461 g/mol. The van der Waals surface area contributed by atoms with Crippen LogP contribution in [0.25, 0.3) is 28.2 Å². The van der Waals surface area contributed by atoms with Crippen LogP contribution in [0.3, 0.4) is 0 Å². The molecule has 2 heterocycles. The van der Waals surface area contributed by atoms with Crippen LogP contribution >= 0.6 is 0 Å². The van der Waals surface area contributed by atoms with Gasteiger partial charge < -0.3 is 24.1 Å². The molecule has 4 rings (SSSR count). The SMILES string of the molecule is CCOc1ccc(-c2nc(C#N)c3nc(OC(O)OCC)n(-c4ccccc4OC)c3n2)cc1. The molecule has 1 atom stereocenters. The highest BCUT2D eigenvalue weighted by molar-refractivity contribution is 5.82. The normalized spacial score (nSPS) is 11.7. The van der Waals surface area contributed by atoms with Gasteiger partial charge in [0, 0.05) is 5.56 Å². The van der Waals surface area contributed by atoms with Crippen LogP contribution in [0.15, 0.2) is 48.5 Å². The Morgan fingerprint density at radius 1 is 1.03 bits per heavy atom. The standard InChI is InChI=1S/C24H23N5O5/c1-4-32-16-12-10-15(11-13-16)21-26-17(14-25)20-22(28-21)29(18-8-6-7-9-19(18)31-3)23(27-20)34-24(30)33-5-2/h6-13,24,30H,4-5H2,1-3H3. The summed E-state index contributed by atoms with van der Waals surface area (Å²) in [5, 5.41) is 19.9. The van der Waals surface area contributed by atoms with E-state index in [9.17, 15) is 10.4 Å². The largest absolute Gasteiger partial charge is 0.495 e. The van der Waals surface area contributed by atoms with E-state index in [0.29, 0.717) is 40.8 Å². The molecule has 174 valence electrons. The first-order valence-corrected chi connectivity index (χ1v) is 10.6. The van der Waals surface area contributed by atoms with Crippen molar-refractivity contribution in [3.8, 4) is 40.7 Å². The average Bonchev–Trinajstić information content (AvgIpc) is 3.21. The number of nitriles is 1. The number of ether oxygens (including phenoxy) is 4. The summed E-state index contributed by atoms with van der Waals surface area (Å²) in [6.45, 7) is 2.83. The minimum absolute atomic E-state index is 0.0323. The second-order valence-electron chi connectivity index (χ2n) is 6.92. The maximum absolute atomic E-state index is 10.1. The van der Waals surface area contributed by atoms with E-state index in [0.717, 1.165) is 0 Å². The fourth-order valence-electron chi connectivity index (χ4n) is 3.39. The summed E-state index contributed by atoms with van der Waals surface area (Å²) >= 11 is 0. The van der Waals surface area contributed by atoms with Crippen LogP contribution in [0.4, 0.5) is 0 Å². The van der Waals surface area contributed by atoms with Gasteiger partial charge in [0.2, 0.25) is 0 Å². The molecular formula is C24H23N5O5. The summed E-state index contributed by atoms with van der Waals surface area (Å²) in [6, 6.07) is 16.5. The van der Waals surface area contributed by atoms with E-state index in [-0.39, 0.29) is 23.8 Å². The highest BCUT2D eigenvalue weighted by Gasteiger charge is 2.24. The fourth-order valence-corrected chi connectivity index (χ4v) is 3.39. The lowest BCUT2D eigenvalue weighted by molar-refractivity contribution is -0.217. The molecule has 0 amide bonds. The van der Waals surface area contributed by atoms with Crippen molar-refractivity contribution >= 4 is 11.2 Å². The molecule has 0 aliphatic rings. The van der Waals surface area contributed by atoms with E-state index < -0.39 is 6.48 Å². The molecule has 0 aliphatic heterocycles. The lowest BCUT2D eigenvalue weighted by atomic mass is 10.2. The van der Waals surface area contributed by atoms with Crippen LogP contribution in [0.5, 0.6) is 17.5 Å². The number of hydrogen-bond donors (Lipinski definition) is 1. The number of aromatic nitrogens is 4. The summed E-state index contributed by atoms with van der Waals surface area (Å²) in [6.07, 6.45) is 0. The van der Waals surface area contributed by atoms with Gasteiger partial charge in [-0.25, -0.2) is 14.5 Å². The first-order chi connectivity index (χ1) is 16.6. The van der Waals surface area contributed by atoms with Gasteiger partial charge >= 0.3 is 12.5 Å². The number of aliphatic hydroxyl groups is 1. The lowest BCUT2D eigenvalue weighted by Gasteiger charge is -2.15. The van der Waals surface area contributed by atoms with E-state index in [1.165, 1.54) is 7.11 Å². The number of aliphatic hydroxyl groups excluding tert-OH is 1. The summed E-state index contributed by atoms with van der Waals surface area (Å²) < 4.78 is 23.2. The van der Waals surface area contributed by atoms with Crippen molar-refractivity contribution in [3.05, 3.63) is 54.2 Å². The van der Waals surface area contributed by atoms with Crippen LogP contribution in [-0.2, 0) is 4.74 Å². The molecule has 1 N–H and O–H groups in total. The van der Waals surface area contributed by atoms with E-state index in [1.807, 2.05) is 43.3 Å². The van der Waals surface area contributed by atoms with Crippen molar-refractivity contribution in [2.45, 2.75) is 20.3 Å². The highest BCUT2D eigenvalue weighted by Crippen LogP contribution is 2.33. The van der Waals surface area contributed by atoms with Crippen molar-refractivity contribution in [2.24, 2.45) is 0 Å². The maximum atomic E-state index is 10.1. The van der Waals surface area contributed by atoms with Gasteiger partial charge in [-0.2, -0.15) is 10.2 Å². The third-order valence-corrected chi connectivity index (χ3v) is 4.85. The Kier molecular flexibility index (Phi) is 6.87. The number of nitrogens with zero attached hydrogens (tertiary/aromatic N) is 5. The first kappa shape index (κ1) is 23.0. The zero-order valence-electron chi connectivity index (χ0n) is 18.9. The third-order valence-electron chi connectivity index (χ3n) is 4.85. The Bertz CT molecular complexity index is 1330. The molecule has 0 bridgehead atoms. The van der Waals surface area contributed by atoms with E-state index in [4.69, 9.17) is 23.9 Å². The number of imidazole rings is 1. The van der Waals surface area contributed by atoms with Gasteiger partial charge in [0.05, 0.1) is 26.0 Å². The minimum Gasteiger partial charge on any atom is -0.495 e. The molecule has 10 nitrogen and oxygen atoms in total. The molecule has 1 unspecified atom stereocenters. The minimum atomic E-state index is -1.57. The Morgan fingerprint density at radius 3 is 2.47 bits per heavy atom. The van der Waals surface area contributed by atoms with Gasteiger partial charge in [-0.3, -0.25) is 0 Å². The third kappa shape index (κ3) is 4.47. The number of para-hydroxylation sites is 2. The predicted octanol–water partition coefficient (Wildman–Crippen LogP) is 3.45. The number of fused-ring (bicyclic) bond motifs is 1. The van der Waals surface area contributed by atoms with Gasteiger partial charge in [-0.1, -0.05) is 12.1 Å². The second-order valence-corrected chi connectivity index (χ2v) is 6.92. The molecular weight excluding hydrogens is 438 g/mol. The zero-order valence-corrected chi connectivity index (χ0v) is 18.9. The topological polar surface area (TPSA) is 125 Å². The van der Waals surface area contributed by atoms with E-state index in [1.54, 1.807) is 23.6 Å². The van der Waals surface area contributed by atoms with Gasteiger partial charge in [0.15, 0.2) is 17.2 Å². The smallest absolute Gasteiger partial charge is 0.316 e. The first-order valence-electron chi connectivity index (χ1n) is 10.6. The molecule has 0 aliphatic carbocycles. The van der Waals surface area contributed by atoms with Crippen molar-refractivity contribution in [1.29, 1.82) is 5.26 Å². The zero-order chi connectivity index (χ0) is 24.1. The molecule has 0 spiro atoms. The van der Waals surface area contributed by atoms with Crippen LogP contribution in [-0.4, -0.2) is 51.4 Å².